The molecule has 250 valence electrons. The van der Waals surface area contributed by atoms with Gasteiger partial charge in [0.05, 0.1) is 0 Å². The predicted octanol–water partition coefficient (Wildman–Crippen LogP) is 16.0. The SMILES string of the molecule is c1cc(-c2ccc3c(c2)sc2cc4sc5c6ccccc6ccc5c4cc23)cc(-c2c3ccccc3c(-c3cccc4ccccc34)c3ccccc23)c1. The Morgan fingerprint density at radius 3 is 1.57 bits per heavy atom. The summed E-state index contributed by atoms with van der Waals surface area (Å²) >= 11 is 3.83. The third-order valence-electron chi connectivity index (χ3n) is 11.4. The first kappa shape index (κ1) is 30.2. The van der Waals surface area contributed by atoms with Crippen molar-refractivity contribution < 1.29 is 0 Å². The van der Waals surface area contributed by atoms with Gasteiger partial charge in [0.15, 0.2) is 0 Å². The fraction of sp³-hybridized carbons (Fsp3) is 0. The fourth-order valence-electron chi connectivity index (χ4n) is 8.98. The molecule has 0 aliphatic rings. The number of hydrogen-bond acceptors (Lipinski definition) is 2. The molecule has 0 atom stereocenters. The summed E-state index contributed by atoms with van der Waals surface area (Å²) < 4.78 is 5.43. The van der Waals surface area contributed by atoms with Gasteiger partial charge in [-0.3, -0.25) is 0 Å². The van der Waals surface area contributed by atoms with E-state index < -0.39 is 0 Å². The van der Waals surface area contributed by atoms with Crippen molar-refractivity contribution >= 4 is 106 Å². The Bertz CT molecular complexity index is 3440. The highest BCUT2D eigenvalue weighted by Gasteiger charge is 2.19. The molecule has 12 aromatic rings. The zero-order valence-electron chi connectivity index (χ0n) is 29.1. The van der Waals surface area contributed by atoms with Crippen LogP contribution in [0.4, 0.5) is 0 Å². The van der Waals surface area contributed by atoms with Crippen LogP contribution in [0, 0.1) is 0 Å². The van der Waals surface area contributed by atoms with Crippen LogP contribution in [0.15, 0.2) is 182 Å². The maximum Gasteiger partial charge on any atom is 0.0433 e. The molecule has 0 radical (unpaired) electrons. The second-order valence-electron chi connectivity index (χ2n) is 14.4. The van der Waals surface area contributed by atoms with Crippen molar-refractivity contribution in [1.82, 2.24) is 0 Å². The third-order valence-corrected chi connectivity index (χ3v) is 13.7. The average molecular weight is 719 g/mol. The summed E-state index contributed by atoms with van der Waals surface area (Å²) in [6.45, 7) is 0. The van der Waals surface area contributed by atoms with Crippen LogP contribution in [-0.2, 0) is 0 Å². The zero-order valence-corrected chi connectivity index (χ0v) is 30.8. The Labute approximate surface area is 319 Å². The Kier molecular flexibility index (Phi) is 6.48. The first-order valence-corrected chi connectivity index (χ1v) is 20.1. The highest BCUT2D eigenvalue weighted by atomic mass is 32.1. The molecule has 0 amide bonds. The minimum absolute atomic E-state index is 1.23. The van der Waals surface area contributed by atoms with Crippen LogP contribution in [0.3, 0.4) is 0 Å². The zero-order chi connectivity index (χ0) is 35.3. The van der Waals surface area contributed by atoms with E-state index in [-0.39, 0.29) is 0 Å². The lowest BCUT2D eigenvalue weighted by molar-refractivity contribution is 1.63. The van der Waals surface area contributed by atoms with Crippen LogP contribution in [0.2, 0.25) is 0 Å². The van der Waals surface area contributed by atoms with E-state index in [9.17, 15) is 0 Å². The van der Waals surface area contributed by atoms with Crippen molar-refractivity contribution in [2.75, 3.05) is 0 Å². The lowest BCUT2D eigenvalue weighted by Gasteiger charge is -2.19. The van der Waals surface area contributed by atoms with Gasteiger partial charge >= 0.3 is 0 Å². The third kappa shape index (κ3) is 4.42. The molecule has 0 spiro atoms. The van der Waals surface area contributed by atoms with Gasteiger partial charge in [0.25, 0.3) is 0 Å². The van der Waals surface area contributed by atoms with Gasteiger partial charge in [0.1, 0.15) is 0 Å². The molecular formula is C52H30S2. The molecule has 0 saturated carbocycles. The van der Waals surface area contributed by atoms with Gasteiger partial charge in [0.2, 0.25) is 0 Å². The monoisotopic (exact) mass is 718 g/mol. The van der Waals surface area contributed by atoms with Crippen LogP contribution in [0.5, 0.6) is 0 Å². The van der Waals surface area contributed by atoms with Crippen LogP contribution in [0.25, 0.3) is 117 Å². The number of hydrogen-bond donors (Lipinski definition) is 0. The molecule has 0 aliphatic heterocycles. The van der Waals surface area contributed by atoms with Gasteiger partial charge in [-0.15, -0.1) is 22.7 Å². The molecular weight excluding hydrogens is 689 g/mol. The van der Waals surface area contributed by atoms with Crippen molar-refractivity contribution in [1.29, 1.82) is 0 Å². The van der Waals surface area contributed by atoms with E-state index in [4.69, 9.17) is 0 Å². The Morgan fingerprint density at radius 1 is 0.259 bits per heavy atom. The van der Waals surface area contributed by atoms with Crippen LogP contribution < -0.4 is 0 Å². The second-order valence-corrected chi connectivity index (χ2v) is 16.5. The highest BCUT2D eigenvalue weighted by Crippen LogP contribution is 2.47. The van der Waals surface area contributed by atoms with Gasteiger partial charge in [-0.05, 0) is 101 Å². The molecule has 54 heavy (non-hydrogen) atoms. The standard InChI is InChI=1S/C52H30S2/c1-3-16-36-31(11-1)13-10-22-39(36)51-42-20-7-5-18-40(42)50(41-19-6-8-21-43(41)51)35-15-9-14-33(27-35)34-24-25-38-45-29-46-44-26-23-32-12-2-4-17-37(32)52(44)54-49(46)30-48(45)53-47(38)28-34/h1-30H. The van der Waals surface area contributed by atoms with Crippen molar-refractivity contribution in [3.63, 3.8) is 0 Å². The van der Waals surface area contributed by atoms with Gasteiger partial charge in [-0.25, -0.2) is 0 Å². The summed E-state index contributed by atoms with van der Waals surface area (Å²) in [5.74, 6) is 0. The molecule has 0 bridgehead atoms. The topological polar surface area (TPSA) is 0 Å². The van der Waals surface area contributed by atoms with E-state index >= 15 is 0 Å². The van der Waals surface area contributed by atoms with E-state index in [1.165, 1.54) is 117 Å². The van der Waals surface area contributed by atoms with Crippen molar-refractivity contribution in [3.05, 3.63) is 182 Å². The van der Waals surface area contributed by atoms with Crippen LogP contribution in [-0.4, -0.2) is 0 Å². The fourth-order valence-corrected chi connectivity index (χ4v) is 11.5. The van der Waals surface area contributed by atoms with E-state index in [0.717, 1.165) is 0 Å². The van der Waals surface area contributed by atoms with Crippen LogP contribution in [0.1, 0.15) is 0 Å². The van der Waals surface area contributed by atoms with Gasteiger partial charge in [0, 0.05) is 40.3 Å². The Hall–Kier alpha value is -6.32. The lowest BCUT2D eigenvalue weighted by Crippen LogP contribution is -1.92. The van der Waals surface area contributed by atoms with E-state index in [1.54, 1.807) is 0 Å². The number of benzene rings is 10. The summed E-state index contributed by atoms with van der Waals surface area (Å²) in [5, 5.41) is 15.7. The van der Waals surface area contributed by atoms with E-state index in [1.807, 2.05) is 22.7 Å². The molecule has 0 nitrogen and oxygen atoms in total. The average Bonchev–Trinajstić information content (AvgIpc) is 3.78. The van der Waals surface area contributed by atoms with Gasteiger partial charge in [-0.1, -0.05) is 158 Å². The number of thiophene rings is 2. The summed E-state index contributed by atoms with van der Waals surface area (Å²) in [6.07, 6.45) is 0. The molecule has 0 aliphatic carbocycles. The summed E-state index contributed by atoms with van der Waals surface area (Å²) in [6, 6.07) is 67.8. The lowest BCUT2D eigenvalue weighted by atomic mass is 9.84. The van der Waals surface area contributed by atoms with Crippen molar-refractivity contribution in [2.45, 2.75) is 0 Å². The molecule has 0 N–H and O–H groups in total. The molecule has 0 fully saturated rings. The Balaban J connectivity index is 1.02. The van der Waals surface area contributed by atoms with Crippen LogP contribution >= 0.6 is 22.7 Å². The molecule has 0 unspecified atom stereocenters. The maximum atomic E-state index is 2.44. The van der Waals surface area contributed by atoms with Crippen molar-refractivity contribution in [2.24, 2.45) is 0 Å². The van der Waals surface area contributed by atoms with Crippen molar-refractivity contribution in [3.8, 4) is 33.4 Å². The summed E-state index contributed by atoms with van der Waals surface area (Å²) in [4.78, 5) is 0. The number of fused-ring (bicyclic) bond motifs is 11. The predicted molar refractivity (Wildman–Crippen MR) is 239 cm³/mol. The normalized spacial score (nSPS) is 12.1. The highest BCUT2D eigenvalue weighted by molar-refractivity contribution is 7.28. The number of rotatable bonds is 3. The first-order chi connectivity index (χ1) is 26.8. The smallest absolute Gasteiger partial charge is 0.0433 e. The Morgan fingerprint density at radius 2 is 0.796 bits per heavy atom. The molecule has 2 heterocycles. The minimum Gasteiger partial charge on any atom is -0.135 e. The summed E-state index contributed by atoms with van der Waals surface area (Å²) in [7, 11) is 0. The summed E-state index contributed by atoms with van der Waals surface area (Å²) in [5.41, 5.74) is 7.58. The van der Waals surface area contributed by atoms with Gasteiger partial charge in [-0.2, -0.15) is 0 Å². The molecule has 12 rings (SSSR count). The quantitative estimate of drug-likeness (QED) is 0.160. The van der Waals surface area contributed by atoms with Gasteiger partial charge < -0.3 is 0 Å². The van der Waals surface area contributed by atoms with E-state index in [2.05, 4.69) is 182 Å². The molecule has 2 heteroatoms. The molecule has 0 saturated heterocycles. The molecule has 10 aromatic carbocycles. The minimum atomic E-state index is 1.23. The van der Waals surface area contributed by atoms with E-state index in [0.29, 0.717) is 0 Å². The largest absolute Gasteiger partial charge is 0.135 e. The molecule has 2 aromatic heterocycles. The second kappa shape index (κ2) is 11.6. The maximum absolute atomic E-state index is 2.44. The first-order valence-electron chi connectivity index (χ1n) is 18.5.